The fourth-order valence-electron chi connectivity index (χ4n) is 4.41. The standard InChI is InChI=1S/C26H30N2O7S/c1-3-16-36(32,33)28(15-7-14-27-13-6-10-24(27)29)26(31)18(2)34-19-11-12-23-21(17-19)25(30)20-8-4-5-9-22(20)35-23/h4-5,8-9,11-12,17-18H,3,6-7,10,13-16H2,1-2H3. The normalized spacial score (nSPS) is 14.9. The van der Waals surface area contributed by atoms with E-state index in [0.29, 0.717) is 54.3 Å². The molecule has 0 N–H and O–H groups in total. The molecule has 3 aromatic rings. The molecular weight excluding hydrogens is 484 g/mol. The van der Waals surface area contributed by atoms with Gasteiger partial charge in [-0.05, 0) is 56.5 Å². The lowest BCUT2D eigenvalue weighted by Crippen LogP contribution is -2.46. The molecule has 10 heteroatoms. The van der Waals surface area contributed by atoms with Crippen LogP contribution in [0.5, 0.6) is 5.75 Å². The van der Waals surface area contributed by atoms with E-state index in [1.54, 1.807) is 48.2 Å². The Balaban J connectivity index is 1.52. The number of fused-ring (bicyclic) bond motifs is 2. The number of carbonyl (C=O) groups is 2. The van der Waals surface area contributed by atoms with E-state index in [-0.39, 0.29) is 29.4 Å². The first-order chi connectivity index (χ1) is 17.2. The van der Waals surface area contributed by atoms with Crippen LogP contribution in [0.15, 0.2) is 51.7 Å². The van der Waals surface area contributed by atoms with E-state index in [4.69, 9.17) is 9.15 Å². The lowest BCUT2D eigenvalue weighted by molar-refractivity contribution is -0.133. The van der Waals surface area contributed by atoms with Gasteiger partial charge >= 0.3 is 0 Å². The number of rotatable bonds is 10. The van der Waals surface area contributed by atoms with Crippen LogP contribution in [0, 0.1) is 0 Å². The summed E-state index contributed by atoms with van der Waals surface area (Å²) in [5.41, 5.74) is 0.633. The first-order valence-corrected chi connectivity index (χ1v) is 13.8. The maximum atomic E-state index is 13.2. The van der Waals surface area contributed by atoms with Crippen LogP contribution in [0.2, 0.25) is 0 Å². The molecular formula is C26H30N2O7S. The van der Waals surface area contributed by atoms with Gasteiger partial charge in [-0.3, -0.25) is 14.4 Å². The molecule has 0 saturated carbocycles. The molecule has 1 fully saturated rings. The van der Waals surface area contributed by atoms with Crippen molar-refractivity contribution < 1.29 is 27.2 Å². The van der Waals surface area contributed by atoms with Crippen molar-refractivity contribution in [2.45, 2.75) is 45.6 Å². The SMILES string of the molecule is CCCS(=O)(=O)N(CCCN1CCCC1=O)C(=O)C(C)Oc1ccc2oc3ccccc3c(=O)c2c1. The highest BCUT2D eigenvalue weighted by molar-refractivity contribution is 7.89. The van der Waals surface area contributed by atoms with E-state index in [0.717, 1.165) is 10.7 Å². The van der Waals surface area contributed by atoms with E-state index in [1.807, 2.05) is 0 Å². The number of para-hydroxylation sites is 1. The summed E-state index contributed by atoms with van der Waals surface area (Å²) in [7, 11) is -3.85. The number of sulfonamides is 1. The Bertz CT molecular complexity index is 1450. The van der Waals surface area contributed by atoms with Gasteiger partial charge in [-0.2, -0.15) is 0 Å². The van der Waals surface area contributed by atoms with Crippen molar-refractivity contribution in [3.8, 4) is 5.75 Å². The molecule has 2 amide bonds. The molecule has 4 rings (SSSR count). The van der Waals surface area contributed by atoms with Crippen molar-refractivity contribution in [3.05, 3.63) is 52.7 Å². The third kappa shape index (κ3) is 5.38. The molecule has 1 aliphatic heterocycles. The topological polar surface area (TPSA) is 114 Å². The Labute approximate surface area is 209 Å². The summed E-state index contributed by atoms with van der Waals surface area (Å²) in [6.45, 7) is 4.22. The third-order valence-corrected chi connectivity index (χ3v) is 8.17. The molecule has 1 aliphatic rings. The van der Waals surface area contributed by atoms with Gasteiger partial charge in [0.2, 0.25) is 21.4 Å². The van der Waals surface area contributed by atoms with Crippen LogP contribution >= 0.6 is 0 Å². The summed E-state index contributed by atoms with van der Waals surface area (Å²) in [6, 6.07) is 11.6. The van der Waals surface area contributed by atoms with E-state index in [9.17, 15) is 22.8 Å². The molecule has 1 atom stereocenters. The molecule has 0 aliphatic carbocycles. The quantitative estimate of drug-likeness (QED) is 0.381. The minimum Gasteiger partial charge on any atom is -0.481 e. The highest BCUT2D eigenvalue weighted by atomic mass is 32.2. The monoisotopic (exact) mass is 514 g/mol. The molecule has 2 heterocycles. The Hall–Kier alpha value is -3.40. The minimum absolute atomic E-state index is 0.0358. The zero-order valence-corrected chi connectivity index (χ0v) is 21.3. The van der Waals surface area contributed by atoms with E-state index in [2.05, 4.69) is 0 Å². The maximum absolute atomic E-state index is 13.2. The summed E-state index contributed by atoms with van der Waals surface area (Å²) in [6.07, 6.45) is 0.884. The number of nitrogens with zero attached hydrogens (tertiary/aromatic N) is 2. The Morgan fingerprint density at radius 1 is 1.14 bits per heavy atom. The zero-order chi connectivity index (χ0) is 25.9. The minimum atomic E-state index is -3.85. The second-order valence-corrected chi connectivity index (χ2v) is 10.9. The highest BCUT2D eigenvalue weighted by Gasteiger charge is 2.31. The molecule has 36 heavy (non-hydrogen) atoms. The molecule has 1 aromatic heterocycles. The van der Waals surface area contributed by atoms with Gasteiger partial charge in [0.15, 0.2) is 6.10 Å². The van der Waals surface area contributed by atoms with Crippen LogP contribution in [0.3, 0.4) is 0 Å². The predicted molar refractivity (Wildman–Crippen MR) is 136 cm³/mol. The van der Waals surface area contributed by atoms with Gasteiger partial charge in [-0.25, -0.2) is 12.7 Å². The average Bonchev–Trinajstić information content (AvgIpc) is 3.26. The van der Waals surface area contributed by atoms with Crippen LogP contribution in [0.1, 0.15) is 39.5 Å². The van der Waals surface area contributed by atoms with Gasteiger partial charge in [-0.1, -0.05) is 19.1 Å². The first kappa shape index (κ1) is 25.7. The Morgan fingerprint density at radius 2 is 1.89 bits per heavy atom. The molecule has 192 valence electrons. The second kappa shape index (κ2) is 10.7. The molecule has 0 bridgehead atoms. The van der Waals surface area contributed by atoms with Crippen molar-refractivity contribution in [3.63, 3.8) is 0 Å². The molecule has 1 saturated heterocycles. The van der Waals surface area contributed by atoms with E-state index in [1.165, 1.54) is 13.0 Å². The van der Waals surface area contributed by atoms with E-state index >= 15 is 0 Å². The summed E-state index contributed by atoms with van der Waals surface area (Å²) >= 11 is 0. The van der Waals surface area contributed by atoms with Crippen LogP contribution < -0.4 is 10.2 Å². The largest absolute Gasteiger partial charge is 0.481 e. The van der Waals surface area contributed by atoms with Crippen LogP contribution in [0.25, 0.3) is 21.9 Å². The van der Waals surface area contributed by atoms with Crippen molar-refractivity contribution in [1.82, 2.24) is 9.21 Å². The van der Waals surface area contributed by atoms with Crippen LogP contribution in [-0.2, 0) is 19.6 Å². The summed E-state index contributed by atoms with van der Waals surface area (Å²) in [5, 5.41) is 0.733. The zero-order valence-electron chi connectivity index (χ0n) is 20.4. The van der Waals surface area contributed by atoms with Gasteiger partial charge in [0.05, 0.1) is 16.5 Å². The molecule has 0 spiro atoms. The smallest absolute Gasteiger partial charge is 0.276 e. The van der Waals surface area contributed by atoms with Crippen molar-refractivity contribution >= 4 is 43.8 Å². The number of likely N-dealkylation sites (tertiary alicyclic amines) is 1. The van der Waals surface area contributed by atoms with Crippen molar-refractivity contribution in [2.75, 3.05) is 25.4 Å². The molecule has 2 aromatic carbocycles. The number of amides is 2. The van der Waals surface area contributed by atoms with E-state index < -0.39 is 22.0 Å². The summed E-state index contributed by atoms with van der Waals surface area (Å²) in [4.78, 5) is 39.7. The number of hydrogen-bond acceptors (Lipinski definition) is 7. The lowest BCUT2D eigenvalue weighted by atomic mass is 10.1. The van der Waals surface area contributed by atoms with Crippen molar-refractivity contribution in [2.24, 2.45) is 0 Å². The fraction of sp³-hybridized carbons (Fsp3) is 0.423. The predicted octanol–water partition coefficient (Wildman–Crippen LogP) is 3.29. The number of benzene rings is 2. The third-order valence-electron chi connectivity index (χ3n) is 6.21. The number of hydrogen-bond donors (Lipinski definition) is 0. The summed E-state index contributed by atoms with van der Waals surface area (Å²) < 4.78 is 38.2. The van der Waals surface area contributed by atoms with Gasteiger partial charge in [-0.15, -0.1) is 0 Å². The van der Waals surface area contributed by atoms with Gasteiger partial charge in [0, 0.05) is 26.1 Å². The fourth-order valence-corrected chi connectivity index (χ4v) is 5.98. The highest BCUT2D eigenvalue weighted by Crippen LogP contribution is 2.24. The maximum Gasteiger partial charge on any atom is 0.276 e. The Kier molecular flexibility index (Phi) is 7.63. The second-order valence-electron chi connectivity index (χ2n) is 8.91. The number of ether oxygens (including phenoxy) is 1. The number of carbonyl (C=O) groups excluding carboxylic acids is 2. The average molecular weight is 515 g/mol. The van der Waals surface area contributed by atoms with Crippen LogP contribution in [0.4, 0.5) is 0 Å². The summed E-state index contributed by atoms with van der Waals surface area (Å²) in [5.74, 6) is -0.559. The molecule has 9 nitrogen and oxygen atoms in total. The van der Waals surface area contributed by atoms with Crippen LogP contribution in [-0.4, -0.2) is 60.9 Å². The van der Waals surface area contributed by atoms with Crippen molar-refractivity contribution in [1.29, 1.82) is 0 Å². The Morgan fingerprint density at radius 3 is 2.61 bits per heavy atom. The molecule has 1 unspecified atom stereocenters. The van der Waals surface area contributed by atoms with Gasteiger partial charge < -0.3 is 14.1 Å². The van der Waals surface area contributed by atoms with Gasteiger partial charge in [0.1, 0.15) is 16.9 Å². The first-order valence-electron chi connectivity index (χ1n) is 12.2. The molecule has 0 radical (unpaired) electrons. The lowest BCUT2D eigenvalue weighted by Gasteiger charge is -2.26. The van der Waals surface area contributed by atoms with Gasteiger partial charge in [0.25, 0.3) is 5.91 Å².